The maximum absolute atomic E-state index is 11.4. The molecule has 0 bridgehead atoms. The standard InChI is InChI=1S/C12H19N3O2S/c1-10(2)12(8-15-6-3-5-13-15)14-11-4-7-18(16,17)9-11/h3-7,10-12,14H,8-9H2,1-2H3. The maximum Gasteiger partial charge on any atom is 0.173 e. The van der Waals surface area contributed by atoms with Gasteiger partial charge in [-0.1, -0.05) is 19.9 Å². The van der Waals surface area contributed by atoms with Crippen molar-refractivity contribution in [3.63, 3.8) is 0 Å². The van der Waals surface area contributed by atoms with Gasteiger partial charge in [-0.05, 0) is 12.0 Å². The van der Waals surface area contributed by atoms with Crippen LogP contribution < -0.4 is 5.32 Å². The van der Waals surface area contributed by atoms with Gasteiger partial charge in [-0.3, -0.25) is 4.68 Å². The molecule has 1 aliphatic rings. The summed E-state index contributed by atoms with van der Waals surface area (Å²) in [6, 6.07) is 2.00. The van der Waals surface area contributed by atoms with Gasteiger partial charge in [0.15, 0.2) is 9.84 Å². The van der Waals surface area contributed by atoms with E-state index in [2.05, 4.69) is 24.3 Å². The molecule has 6 heteroatoms. The summed E-state index contributed by atoms with van der Waals surface area (Å²) >= 11 is 0. The van der Waals surface area contributed by atoms with Gasteiger partial charge in [-0.15, -0.1) is 0 Å². The lowest BCUT2D eigenvalue weighted by Gasteiger charge is -2.25. The van der Waals surface area contributed by atoms with E-state index >= 15 is 0 Å². The van der Waals surface area contributed by atoms with Gasteiger partial charge in [0.05, 0.1) is 12.3 Å². The van der Waals surface area contributed by atoms with E-state index in [1.165, 1.54) is 5.41 Å². The van der Waals surface area contributed by atoms with Crippen molar-refractivity contribution in [2.24, 2.45) is 5.92 Å². The van der Waals surface area contributed by atoms with E-state index in [0.29, 0.717) is 5.92 Å². The van der Waals surface area contributed by atoms with Crippen LogP contribution in [0.4, 0.5) is 0 Å². The molecule has 0 saturated heterocycles. The minimum atomic E-state index is -2.99. The average Bonchev–Trinajstić information content (AvgIpc) is 2.87. The van der Waals surface area contributed by atoms with Gasteiger partial charge < -0.3 is 5.32 Å². The van der Waals surface area contributed by atoms with Gasteiger partial charge in [0.25, 0.3) is 0 Å². The second kappa shape index (κ2) is 5.24. The number of rotatable bonds is 5. The van der Waals surface area contributed by atoms with E-state index in [-0.39, 0.29) is 17.8 Å². The third kappa shape index (κ3) is 3.43. The second-order valence-electron chi connectivity index (χ2n) is 5.01. The molecule has 2 rings (SSSR count). The molecule has 0 fully saturated rings. The fourth-order valence-corrected chi connectivity index (χ4v) is 3.27. The van der Waals surface area contributed by atoms with Crippen molar-refractivity contribution in [2.45, 2.75) is 32.5 Å². The monoisotopic (exact) mass is 269 g/mol. The van der Waals surface area contributed by atoms with E-state index in [1.807, 2.05) is 16.9 Å². The Morgan fingerprint density at radius 3 is 2.78 bits per heavy atom. The Labute approximate surface area is 108 Å². The molecule has 0 spiro atoms. The number of hydrogen-bond acceptors (Lipinski definition) is 4. The van der Waals surface area contributed by atoms with E-state index in [9.17, 15) is 8.42 Å². The molecule has 2 heterocycles. The Morgan fingerprint density at radius 1 is 1.50 bits per heavy atom. The molecule has 18 heavy (non-hydrogen) atoms. The highest BCUT2D eigenvalue weighted by atomic mass is 32.2. The van der Waals surface area contributed by atoms with Crippen LogP contribution >= 0.6 is 0 Å². The van der Waals surface area contributed by atoms with Gasteiger partial charge in [-0.2, -0.15) is 5.10 Å². The first-order chi connectivity index (χ1) is 8.46. The molecule has 0 aromatic carbocycles. The van der Waals surface area contributed by atoms with Crippen LogP contribution in [-0.4, -0.2) is 36.0 Å². The van der Waals surface area contributed by atoms with Crippen LogP contribution in [0, 0.1) is 5.92 Å². The van der Waals surface area contributed by atoms with Crippen molar-refractivity contribution in [3.8, 4) is 0 Å². The predicted molar refractivity (Wildman–Crippen MR) is 70.7 cm³/mol. The quantitative estimate of drug-likeness (QED) is 0.859. The van der Waals surface area contributed by atoms with Crippen molar-refractivity contribution in [3.05, 3.63) is 29.9 Å². The summed E-state index contributed by atoms with van der Waals surface area (Å²) in [7, 11) is -2.99. The van der Waals surface area contributed by atoms with Crippen LogP contribution in [0.25, 0.3) is 0 Å². The van der Waals surface area contributed by atoms with Crippen LogP contribution in [-0.2, 0) is 16.4 Å². The number of hydrogen-bond donors (Lipinski definition) is 1. The molecular weight excluding hydrogens is 250 g/mol. The number of nitrogens with zero attached hydrogens (tertiary/aromatic N) is 2. The van der Waals surface area contributed by atoms with Gasteiger partial charge in [0.2, 0.25) is 0 Å². The van der Waals surface area contributed by atoms with Crippen LogP contribution in [0.3, 0.4) is 0 Å². The Balaban J connectivity index is 1.97. The van der Waals surface area contributed by atoms with Crippen molar-refractivity contribution in [1.82, 2.24) is 15.1 Å². The molecule has 1 aromatic rings. The normalized spacial score (nSPS) is 23.6. The molecule has 1 aliphatic heterocycles. The second-order valence-corrected chi connectivity index (χ2v) is 6.94. The summed E-state index contributed by atoms with van der Waals surface area (Å²) < 4.78 is 24.6. The first-order valence-electron chi connectivity index (χ1n) is 6.11. The highest BCUT2D eigenvalue weighted by Crippen LogP contribution is 2.12. The third-order valence-electron chi connectivity index (χ3n) is 3.11. The molecule has 0 radical (unpaired) electrons. The van der Waals surface area contributed by atoms with Crippen LogP contribution in [0.15, 0.2) is 29.9 Å². The molecular formula is C12H19N3O2S. The molecule has 100 valence electrons. The van der Waals surface area contributed by atoms with Gasteiger partial charge >= 0.3 is 0 Å². The van der Waals surface area contributed by atoms with E-state index in [1.54, 1.807) is 12.3 Å². The summed E-state index contributed by atoms with van der Waals surface area (Å²) in [5.74, 6) is 0.570. The van der Waals surface area contributed by atoms with Gasteiger partial charge in [0, 0.05) is 29.9 Å². The average molecular weight is 269 g/mol. The zero-order valence-electron chi connectivity index (χ0n) is 10.7. The summed E-state index contributed by atoms with van der Waals surface area (Å²) in [4.78, 5) is 0. The van der Waals surface area contributed by atoms with Crippen molar-refractivity contribution in [2.75, 3.05) is 5.75 Å². The van der Waals surface area contributed by atoms with Crippen LogP contribution in [0.2, 0.25) is 0 Å². The summed E-state index contributed by atoms with van der Waals surface area (Å²) in [6.07, 6.45) is 5.39. The Kier molecular flexibility index (Phi) is 3.87. The van der Waals surface area contributed by atoms with Crippen LogP contribution in [0.5, 0.6) is 0 Å². The number of sulfone groups is 1. The molecule has 1 aromatic heterocycles. The smallest absolute Gasteiger partial charge is 0.173 e. The van der Waals surface area contributed by atoms with Gasteiger partial charge in [0.1, 0.15) is 0 Å². The fourth-order valence-electron chi connectivity index (χ4n) is 2.02. The van der Waals surface area contributed by atoms with Crippen molar-refractivity contribution >= 4 is 9.84 Å². The third-order valence-corrected chi connectivity index (χ3v) is 4.50. The molecule has 5 nitrogen and oxygen atoms in total. The van der Waals surface area contributed by atoms with Crippen molar-refractivity contribution in [1.29, 1.82) is 0 Å². The Morgan fingerprint density at radius 2 is 2.28 bits per heavy atom. The van der Waals surface area contributed by atoms with Crippen LogP contribution in [0.1, 0.15) is 13.8 Å². The SMILES string of the molecule is CC(C)C(Cn1cccn1)NC1C=CS(=O)(=O)C1. The molecule has 0 saturated carbocycles. The molecule has 2 unspecified atom stereocenters. The predicted octanol–water partition coefficient (Wildman–Crippen LogP) is 0.808. The number of aromatic nitrogens is 2. The van der Waals surface area contributed by atoms with E-state index < -0.39 is 9.84 Å². The Bertz CT molecular complexity index is 505. The first-order valence-corrected chi connectivity index (χ1v) is 7.82. The lowest BCUT2D eigenvalue weighted by molar-refractivity contribution is 0.332. The Hall–Kier alpha value is -1.14. The lowest BCUT2D eigenvalue weighted by Crippen LogP contribution is -2.44. The maximum atomic E-state index is 11.4. The zero-order valence-corrected chi connectivity index (χ0v) is 11.5. The highest BCUT2D eigenvalue weighted by Gasteiger charge is 2.25. The largest absolute Gasteiger partial charge is 0.305 e. The molecule has 2 atom stereocenters. The number of nitrogens with one attached hydrogen (secondary N) is 1. The minimum absolute atomic E-state index is 0.0852. The zero-order chi connectivity index (χ0) is 13.2. The molecule has 1 N–H and O–H groups in total. The van der Waals surface area contributed by atoms with E-state index in [4.69, 9.17) is 0 Å². The minimum Gasteiger partial charge on any atom is -0.305 e. The fraction of sp³-hybridized carbons (Fsp3) is 0.583. The van der Waals surface area contributed by atoms with E-state index in [0.717, 1.165) is 6.54 Å². The first kappa shape index (κ1) is 13.3. The van der Waals surface area contributed by atoms with Crippen molar-refractivity contribution < 1.29 is 8.42 Å². The summed E-state index contributed by atoms with van der Waals surface area (Å²) in [6.45, 7) is 4.98. The lowest BCUT2D eigenvalue weighted by atomic mass is 10.0. The summed E-state index contributed by atoms with van der Waals surface area (Å²) in [5, 5.41) is 8.87. The topological polar surface area (TPSA) is 64.0 Å². The highest BCUT2D eigenvalue weighted by molar-refractivity contribution is 7.94. The summed E-state index contributed by atoms with van der Waals surface area (Å²) in [5.41, 5.74) is 0. The molecule has 0 aliphatic carbocycles. The molecule has 0 amide bonds. The van der Waals surface area contributed by atoms with Gasteiger partial charge in [-0.25, -0.2) is 8.42 Å².